The third-order valence-corrected chi connectivity index (χ3v) is 3.62. The second-order valence-corrected chi connectivity index (χ2v) is 5.24. The molecule has 24 heavy (non-hydrogen) atoms. The molecule has 3 heteroatoms. The summed E-state index contributed by atoms with van der Waals surface area (Å²) in [6.07, 6.45) is 3.28. The van der Waals surface area contributed by atoms with E-state index in [9.17, 15) is 4.79 Å². The Balaban J connectivity index is 1.77. The Morgan fingerprint density at radius 3 is 2.38 bits per heavy atom. The molecule has 118 valence electrons. The fourth-order valence-corrected chi connectivity index (χ4v) is 2.33. The van der Waals surface area contributed by atoms with Crippen molar-refractivity contribution in [2.45, 2.75) is 0 Å². The zero-order valence-corrected chi connectivity index (χ0v) is 13.3. The van der Waals surface area contributed by atoms with E-state index in [0.717, 1.165) is 22.7 Å². The molecule has 0 fully saturated rings. The monoisotopic (exact) mass is 315 g/mol. The lowest BCUT2D eigenvalue weighted by atomic mass is 10.1. The van der Waals surface area contributed by atoms with Gasteiger partial charge < -0.3 is 4.74 Å². The Hall–Kier alpha value is -3.20. The number of methoxy groups -OCH3 is 1. The largest absolute Gasteiger partial charge is 0.497 e. The summed E-state index contributed by atoms with van der Waals surface area (Å²) in [6, 6.07) is 22.8. The summed E-state index contributed by atoms with van der Waals surface area (Å²) in [6.45, 7) is 0. The van der Waals surface area contributed by atoms with Crippen molar-refractivity contribution >= 4 is 11.9 Å². The number of aromatic nitrogens is 1. The van der Waals surface area contributed by atoms with Crippen LogP contribution < -0.4 is 4.74 Å². The van der Waals surface area contributed by atoms with E-state index in [1.807, 2.05) is 48.5 Å². The Labute approximate surface area is 141 Å². The van der Waals surface area contributed by atoms with Crippen molar-refractivity contribution in [1.29, 1.82) is 0 Å². The zero-order chi connectivity index (χ0) is 16.8. The first-order valence-corrected chi connectivity index (χ1v) is 7.65. The summed E-state index contributed by atoms with van der Waals surface area (Å²) in [5.74, 6) is 0.664. The number of carbonyl (C=O) groups is 1. The summed E-state index contributed by atoms with van der Waals surface area (Å²) < 4.78 is 5.09. The maximum Gasteiger partial charge on any atom is 0.185 e. The maximum absolute atomic E-state index is 12.2. The van der Waals surface area contributed by atoms with Crippen LogP contribution in [-0.4, -0.2) is 17.9 Å². The lowest BCUT2D eigenvalue weighted by Crippen LogP contribution is -1.94. The minimum absolute atomic E-state index is 0.0652. The van der Waals surface area contributed by atoms with Gasteiger partial charge in [-0.3, -0.25) is 4.79 Å². The summed E-state index contributed by atoms with van der Waals surface area (Å²) in [5, 5.41) is 0. The number of hydrogen-bond donors (Lipinski definition) is 0. The topological polar surface area (TPSA) is 39.2 Å². The van der Waals surface area contributed by atoms with Crippen LogP contribution in [0.4, 0.5) is 0 Å². The summed E-state index contributed by atoms with van der Waals surface area (Å²) in [4.78, 5) is 16.8. The van der Waals surface area contributed by atoms with Crippen LogP contribution in [0, 0.1) is 0 Å². The van der Waals surface area contributed by atoms with Gasteiger partial charge in [0.25, 0.3) is 0 Å². The molecule has 0 saturated heterocycles. The van der Waals surface area contributed by atoms with Crippen molar-refractivity contribution in [2.75, 3.05) is 7.11 Å². The maximum atomic E-state index is 12.2. The number of allylic oxidation sites excluding steroid dienone is 1. The van der Waals surface area contributed by atoms with E-state index in [4.69, 9.17) is 4.74 Å². The highest BCUT2D eigenvalue weighted by molar-refractivity contribution is 6.06. The van der Waals surface area contributed by atoms with Crippen molar-refractivity contribution in [3.05, 3.63) is 90.1 Å². The Morgan fingerprint density at radius 1 is 0.917 bits per heavy atom. The van der Waals surface area contributed by atoms with Crippen LogP contribution in [0.5, 0.6) is 5.75 Å². The van der Waals surface area contributed by atoms with Gasteiger partial charge in [0, 0.05) is 11.1 Å². The molecule has 0 amide bonds. The predicted molar refractivity (Wildman–Crippen MR) is 96.0 cm³/mol. The van der Waals surface area contributed by atoms with Crippen LogP contribution >= 0.6 is 0 Å². The molecule has 0 aliphatic carbocycles. The van der Waals surface area contributed by atoms with Crippen LogP contribution in [0.15, 0.2) is 78.9 Å². The van der Waals surface area contributed by atoms with Gasteiger partial charge >= 0.3 is 0 Å². The quantitative estimate of drug-likeness (QED) is 0.508. The van der Waals surface area contributed by atoms with Gasteiger partial charge in [0.15, 0.2) is 5.78 Å². The summed E-state index contributed by atoms with van der Waals surface area (Å²) in [7, 11) is 1.60. The van der Waals surface area contributed by atoms with Gasteiger partial charge in [-0.1, -0.05) is 36.4 Å². The first kappa shape index (κ1) is 15.7. The number of carbonyl (C=O) groups excluding carboxylic acids is 1. The standard InChI is InChI=1S/C21H17NO2/c1-24-19-13-10-17(11-14-19)21(23)15-12-18-8-5-9-20(22-18)16-6-3-2-4-7-16/h2-15H,1H3. The van der Waals surface area contributed by atoms with E-state index in [0.29, 0.717) is 5.56 Å². The molecule has 0 N–H and O–H groups in total. The van der Waals surface area contributed by atoms with Crippen molar-refractivity contribution in [3.8, 4) is 17.0 Å². The fraction of sp³-hybridized carbons (Fsp3) is 0.0476. The fourth-order valence-electron chi connectivity index (χ4n) is 2.33. The molecule has 3 aromatic rings. The van der Waals surface area contributed by atoms with Gasteiger partial charge in [0.1, 0.15) is 5.75 Å². The number of benzene rings is 2. The van der Waals surface area contributed by atoms with E-state index in [-0.39, 0.29) is 5.78 Å². The molecular formula is C21H17NO2. The zero-order valence-electron chi connectivity index (χ0n) is 13.3. The van der Waals surface area contributed by atoms with Crippen molar-refractivity contribution in [1.82, 2.24) is 4.98 Å². The summed E-state index contributed by atoms with van der Waals surface area (Å²) >= 11 is 0. The number of ether oxygens (including phenoxy) is 1. The van der Waals surface area contributed by atoms with E-state index in [2.05, 4.69) is 4.98 Å². The van der Waals surface area contributed by atoms with Gasteiger partial charge in [-0.15, -0.1) is 0 Å². The number of rotatable bonds is 5. The average Bonchev–Trinajstić information content (AvgIpc) is 2.67. The molecule has 0 unspecified atom stereocenters. The van der Waals surface area contributed by atoms with Gasteiger partial charge in [-0.25, -0.2) is 4.98 Å². The normalized spacial score (nSPS) is 10.7. The van der Waals surface area contributed by atoms with Gasteiger partial charge in [0.2, 0.25) is 0 Å². The number of pyridine rings is 1. The van der Waals surface area contributed by atoms with Gasteiger partial charge in [-0.05, 0) is 48.6 Å². The SMILES string of the molecule is COc1ccc(C(=O)C=Cc2cccc(-c3ccccc3)n2)cc1. The highest BCUT2D eigenvalue weighted by atomic mass is 16.5. The first-order chi connectivity index (χ1) is 11.8. The smallest absolute Gasteiger partial charge is 0.185 e. The van der Waals surface area contributed by atoms with Crippen LogP contribution in [0.25, 0.3) is 17.3 Å². The van der Waals surface area contributed by atoms with E-state index < -0.39 is 0 Å². The molecule has 1 heterocycles. The predicted octanol–water partition coefficient (Wildman–Crippen LogP) is 4.65. The number of ketones is 1. The van der Waals surface area contributed by atoms with E-state index >= 15 is 0 Å². The van der Waals surface area contributed by atoms with E-state index in [1.54, 1.807) is 43.5 Å². The molecule has 0 atom stereocenters. The number of hydrogen-bond acceptors (Lipinski definition) is 3. The highest BCUT2D eigenvalue weighted by Gasteiger charge is 2.03. The molecule has 0 spiro atoms. The molecule has 1 aromatic heterocycles. The van der Waals surface area contributed by atoms with Gasteiger partial charge in [0.05, 0.1) is 18.5 Å². The Bertz CT molecular complexity index is 853. The number of nitrogens with zero attached hydrogens (tertiary/aromatic N) is 1. The van der Waals surface area contributed by atoms with Crippen LogP contribution in [0.3, 0.4) is 0 Å². The van der Waals surface area contributed by atoms with Crippen LogP contribution in [0.2, 0.25) is 0 Å². The van der Waals surface area contributed by atoms with Gasteiger partial charge in [-0.2, -0.15) is 0 Å². The lowest BCUT2D eigenvalue weighted by molar-refractivity contribution is 0.104. The molecule has 0 radical (unpaired) electrons. The Kier molecular flexibility index (Phi) is 4.82. The van der Waals surface area contributed by atoms with Crippen molar-refractivity contribution in [2.24, 2.45) is 0 Å². The van der Waals surface area contributed by atoms with Crippen LogP contribution in [-0.2, 0) is 0 Å². The third-order valence-electron chi connectivity index (χ3n) is 3.62. The Morgan fingerprint density at radius 2 is 1.67 bits per heavy atom. The van der Waals surface area contributed by atoms with Crippen LogP contribution in [0.1, 0.15) is 16.1 Å². The van der Waals surface area contributed by atoms with Crippen molar-refractivity contribution < 1.29 is 9.53 Å². The average molecular weight is 315 g/mol. The molecular weight excluding hydrogens is 298 g/mol. The molecule has 0 aliphatic heterocycles. The molecule has 2 aromatic carbocycles. The first-order valence-electron chi connectivity index (χ1n) is 7.65. The minimum atomic E-state index is -0.0652. The summed E-state index contributed by atoms with van der Waals surface area (Å²) in [5.41, 5.74) is 3.30. The minimum Gasteiger partial charge on any atom is -0.497 e. The third kappa shape index (κ3) is 3.76. The molecule has 0 saturated carbocycles. The second-order valence-electron chi connectivity index (χ2n) is 5.24. The molecule has 3 rings (SSSR count). The molecule has 3 nitrogen and oxygen atoms in total. The van der Waals surface area contributed by atoms with E-state index in [1.165, 1.54) is 0 Å². The lowest BCUT2D eigenvalue weighted by Gasteiger charge is -2.02. The van der Waals surface area contributed by atoms with Crippen molar-refractivity contribution in [3.63, 3.8) is 0 Å². The molecule has 0 bridgehead atoms. The second kappa shape index (κ2) is 7.38. The molecule has 0 aliphatic rings. The highest BCUT2D eigenvalue weighted by Crippen LogP contribution is 2.17.